The number of nitrogens with two attached hydrogens (primary N) is 2. The summed E-state index contributed by atoms with van der Waals surface area (Å²) in [5, 5.41) is 84.3. The number of nitrogens with zero attached hydrogens (tertiary/aromatic N) is 1. The fourth-order valence-electron chi connectivity index (χ4n) is 13.7. The number of thiol groups is 2. The molecule has 136 heavy (non-hydrogen) atoms. The van der Waals surface area contributed by atoms with Gasteiger partial charge < -0.3 is 132 Å². The molecule has 0 saturated heterocycles. The van der Waals surface area contributed by atoms with Crippen molar-refractivity contribution in [2.45, 2.75) is 264 Å². The van der Waals surface area contributed by atoms with Crippen LogP contribution in [0.3, 0.4) is 0 Å². The third-order valence-electron chi connectivity index (χ3n) is 21.3. The van der Waals surface area contributed by atoms with E-state index in [1.807, 2.05) is 0 Å². The zero-order valence-corrected chi connectivity index (χ0v) is 80.6. The van der Waals surface area contributed by atoms with E-state index < -0.39 is 259 Å². The van der Waals surface area contributed by atoms with Gasteiger partial charge in [0.1, 0.15) is 96.7 Å². The highest BCUT2D eigenvalue weighted by atomic mass is 32.1. The summed E-state index contributed by atoms with van der Waals surface area (Å²) < 4.78 is 0. The third-order valence-corrected chi connectivity index (χ3v) is 22.0. The van der Waals surface area contributed by atoms with Crippen LogP contribution in [0.4, 0.5) is 0 Å². The lowest BCUT2D eigenvalue weighted by Crippen LogP contribution is -2.61. The molecule has 0 fully saturated rings. The van der Waals surface area contributed by atoms with Gasteiger partial charge in [-0.25, -0.2) is 9.78 Å². The average Bonchev–Trinajstić information content (AvgIpc) is 1.66. The van der Waals surface area contributed by atoms with Gasteiger partial charge in [-0.3, -0.25) is 91.7 Å². The van der Waals surface area contributed by atoms with E-state index in [1.165, 1.54) is 40.2 Å². The van der Waals surface area contributed by atoms with Gasteiger partial charge in [0.25, 0.3) is 0 Å². The average molecular weight is 1950 g/mol. The van der Waals surface area contributed by atoms with E-state index in [4.69, 9.17) is 16.9 Å². The molecule has 28 N–H and O–H groups in total. The molecule has 0 aliphatic heterocycles. The maximum absolute atomic E-state index is 15.2. The largest absolute Gasteiger partial charge is 0.481 e. The van der Waals surface area contributed by atoms with Gasteiger partial charge in [0.2, 0.25) is 100 Å². The highest BCUT2D eigenvalue weighted by Gasteiger charge is 2.40. The Bertz CT molecular complexity index is 4750. The number of aromatic nitrogens is 3. The number of hydrogen-bond donors (Lipinski definition) is 28. The van der Waals surface area contributed by atoms with Gasteiger partial charge in [-0.05, 0) is 113 Å². The number of aliphatic hydroxyl groups excluding tert-OH is 1. The molecule has 0 unspecified atom stereocenters. The number of guanidine groups is 1. The topological polar surface area (TPSA) is 722 Å². The molecule has 46 nitrogen and oxygen atoms in total. The molecular weight excluding hydrogens is 1810 g/mol. The molecule has 752 valence electrons. The van der Waals surface area contributed by atoms with Crippen molar-refractivity contribution in [1.29, 1.82) is 5.41 Å². The number of carboxylic acid groups (broad SMARTS) is 2. The number of aromatic amines is 2. The third kappa shape index (κ3) is 39.9. The standard InChI is InChI=1S/C88H136N24O22S2/c1-42(2)29-59(78(124)104-60(30-43(3)4)79(125)109-65(38-113)83(129)99-48(12)71(117)98-49(13)73(119)103-63(34-53-36-92-41-96-53)81(127)110-66(40-136)84(130)108-64(87(133)134)32-51-21-16-15-17-22-51)105-80(126)62(33-52-35-94-56-24-19-18-23-54(52)56)106-76(122)57(25-20-28-93-88(90)91)102-77(123)58(26-27-68(115)116)101-72(118)50(14)100-85(131)69(45(7)8)112-82(128)61(31-44(5)6)107-86(132)70(46(9)10)111-74(120)47(11)97-67(114)37-95-75(121)55(89)39-135/h15-19,21-24,35-36,41-50,55,57-66,69-70,94,113,135-136H,20,25-34,37-40,89H2,1-14H3,(H,92,96)(H,95,121)(H,97,114)(H,98,117)(H,99,129)(H,100,131)(H,101,118)(H,102,123)(H,103,119)(H,104,124)(H,105,126)(H,106,122)(H,107,132)(H,108,130)(H,109,125)(H,110,127)(H,111,120)(H,112,128)(H,115,116)(H,133,134)(H4,90,91,93)/t47-,48-,49-,50-,55-,57-,58-,59-,60-,61-,62-,63-,64-,65-,66-,69-,70-/m0/s1. The molecule has 17 amide bonds. The lowest BCUT2D eigenvalue weighted by atomic mass is 9.98. The van der Waals surface area contributed by atoms with E-state index in [9.17, 15) is 96.8 Å². The quantitative estimate of drug-likeness (QED) is 0.00861. The number of para-hydroxylation sites is 1. The summed E-state index contributed by atoms with van der Waals surface area (Å²) in [5.74, 6) is -21.4. The summed E-state index contributed by atoms with van der Waals surface area (Å²) in [6, 6.07) is -9.28. The Morgan fingerprint density at radius 3 is 1.31 bits per heavy atom. The van der Waals surface area contributed by atoms with Gasteiger partial charge >= 0.3 is 11.9 Å². The number of rotatable bonds is 59. The number of fused-ring (bicyclic) bond motifs is 1. The summed E-state index contributed by atoms with van der Waals surface area (Å²) >= 11 is 8.17. The Morgan fingerprint density at radius 2 is 0.809 bits per heavy atom. The van der Waals surface area contributed by atoms with Crippen molar-refractivity contribution < 1.29 is 106 Å². The van der Waals surface area contributed by atoms with Crippen molar-refractivity contribution in [1.82, 2.24) is 111 Å². The number of aliphatic carboxylic acids is 2. The number of amides is 17. The molecule has 0 saturated carbocycles. The normalized spacial score (nSPS) is 15.1. The van der Waals surface area contributed by atoms with Crippen LogP contribution in [-0.2, 0) is 110 Å². The van der Waals surface area contributed by atoms with Crippen molar-refractivity contribution in [3.05, 3.63) is 90.1 Å². The van der Waals surface area contributed by atoms with Gasteiger partial charge in [0.05, 0.1) is 25.5 Å². The van der Waals surface area contributed by atoms with Crippen LogP contribution in [0.15, 0.2) is 73.3 Å². The molecule has 17 atom stereocenters. The Labute approximate surface area is 799 Å². The number of benzene rings is 2. The minimum Gasteiger partial charge on any atom is -0.481 e. The second kappa shape index (κ2) is 57.7. The second-order valence-electron chi connectivity index (χ2n) is 35.1. The van der Waals surface area contributed by atoms with Gasteiger partial charge in [0.15, 0.2) is 5.96 Å². The van der Waals surface area contributed by atoms with Crippen LogP contribution in [0.25, 0.3) is 10.9 Å². The molecule has 2 heterocycles. The zero-order valence-electron chi connectivity index (χ0n) is 78.8. The molecule has 2 aromatic carbocycles. The van der Waals surface area contributed by atoms with Gasteiger partial charge in [-0.1, -0.05) is 118 Å². The Morgan fingerprint density at radius 1 is 0.412 bits per heavy atom. The van der Waals surface area contributed by atoms with E-state index in [2.05, 4.69) is 136 Å². The molecular formula is C88H136N24O22S2. The van der Waals surface area contributed by atoms with Gasteiger partial charge in [-0.2, -0.15) is 25.3 Å². The first-order chi connectivity index (χ1) is 64.0. The van der Waals surface area contributed by atoms with Crippen molar-refractivity contribution in [3.63, 3.8) is 0 Å². The number of carbonyl (C=O) groups excluding carboxylic acids is 17. The van der Waals surface area contributed by atoms with E-state index in [-0.39, 0.29) is 87.2 Å². The number of nitrogens with one attached hydrogen (secondary N) is 21. The minimum atomic E-state index is -1.79. The number of carbonyl (C=O) groups is 19. The van der Waals surface area contributed by atoms with Gasteiger partial charge in [-0.15, -0.1) is 0 Å². The Kier molecular flexibility index (Phi) is 48.9. The fourth-order valence-corrected chi connectivity index (χ4v) is 14.1. The molecule has 4 rings (SSSR count). The molecule has 0 aliphatic rings. The number of aliphatic hydroxyl groups is 1. The van der Waals surface area contributed by atoms with E-state index in [0.29, 0.717) is 27.7 Å². The Balaban J connectivity index is 1.54. The van der Waals surface area contributed by atoms with Gasteiger partial charge in [0, 0.05) is 72.7 Å². The van der Waals surface area contributed by atoms with Crippen LogP contribution in [0.5, 0.6) is 0 Å². The molecule has 0 radical (unpaired) electrons. The number of imidazole rings is 1. The summed E-state index contributed by atoms with van der Waals surface area (Å²) in [6.07, 6.45) is 1.82. The fraction of sp³-hybridized carbons (Fsp3) is 0.580. The van der Waals surface area contributed by atoms with Crippen molar-refractivity contribution in [2.24, 2.45) is 41.1 Å². The lowest BCUT2D eigenvalue weighted by Gasteiger charge is -2.29. The van der Waals surface area contributed by atoms with Crippen molar-refractivity contribution in [2.75, 3.05) is 31.2 Å². The van der Waals surface area contributed by atoms with Crippen LogP contribution in [0, 0.1) is 35.0 Å². The van der Waals surface area contributed by atoms with E-state index in [1.54, 1.807) is 130 Å². The first-order valence-corrected chi connectivity index (χ1v) is 46.0. The first kappa shape index (κ1) is 115. The number of carboxylic acids is 2. The molecule has 4 aromatic rings. The second-order valence-corrected chi connectivity index (χ2v) is 35.8. The highest BCUT2D eigenvalue weighted by molar-refractivity contribution is 7.80. The van der Waals surface area contributed by atoms with E-state index in [0.717, 1.165) is 0 Å². The summed E-state index contributed by atoms with van der Waals surface area (Å²) in [5.41, 5.74) is 13.3. The molecule has 0 bridgehead atoms. The SMILES string of the molecule is CC(C)C[C@H](NC(=O)[C@H](CC(C)C)NC(=O)[C@H](Cc1c[nH]c2ccccc12)NC(=O)[C@H](CCCNC(=N)N)NC(=O)[C@H](CCC(=O)O)NC(=O)[C@H](C)NC(=O)[C@@H](NC(=O)[C@H](CC(C)C)NC(=O)[C@@H](NC(=O)[C@H](C)NC(=O)CNC(=O)[C@@H](N)CS)C(C)C)C(C)C)C(=O)N[C@@H](CO)C(=O)N[C@@H](C)C(=O)N[C@@H](C)C(=O)N[C@@H](Cc1cnc[nH]1)C(=O)N[C@@H](CS)C(=O)N[C@@H](Cc1ccccc1)C(=O)O. The monoisotopic (exact) mass is 1940 g/mol. The number of hydrogen-bond acceptors (Lipinski definition) is 25. The molecule has 0 aliphatic carbocycles. The maximum Gasteiger partial charge on any atom is 0.326 e. The van der Waals surface area contributed by atoms with Crippen LogP contribution in [0.1, 0.15) is 159 Å². The van der Waals surface area contributed by atoms with Crippen LogP contribution in [-0.4, -0.2) is 283 Å². The van der Waals surface area contributed by atoms with Crippen molar-refractivity contribution in [3.8, 4) is 0 Å². The molecule has 2 aromatic heterocycles. The smallest absolute Gasteiger partial charge is 0.326 e. The predicted molar refractivity (Wildman–Crippen MR) is 506 cm³/mol. The van der Waals surface area contributed by atoms with E-state index >= 15 is 9.59 Å². The Hall–Kier alpha value is -13.0. The summed E-state index contributed by atoms with van der Waals surface area (Å²) in [6.45, 7) is 20.2. The van der Waals surface area contributed by atoms with Crippen LogP contribution >= 0.6 is 25.3 Å². The molecule has 0 spiro atoms. The van der Waals surface area contributed by atoms with Crippen LogP contribution < -0.4 is 107 Å². The summed E-state index contributed by atoms with van der Waals surface area (Å²) in [7, 11) is 0. The number of H-pyrrole nitrogens is 2. The minimum absolute atomic E-state index is 0.00782. The maximum atomic E-state index is 15.2. The summed E-state index contributed by atoms with van der Waals surface area (Å²) in [4.78, 5) is 272. The molecule has 48 heteroatoms. The highest BCUT2D eigenvalue weighted by Crippen LogP contribution is 2.22. The van der Waals surface area contributed by atoms with Crippen molar-refractivity contribution >= 4 is 154 Å². The first-order valence-electron chi connectivity index (χ1n) is 44.8. The predicted octanol–water partition coefficient (Wildman–Crippen LogP) is -4.29. The van der Waals surface area contributed by atoms with Crippen LogP contribution in [0.2, 0.25) is 0 Å². The lowest BCUT2D eigenvalue weighted by molar-refractivity contribution is -0.142. The zero-order chi connectivity index (χ0) is 102.